The number of rotatable bonds is 10. The fourth-order valence-corrected chi connectivity index (χ4v) is 5.87. The van der Waals surface area contributed by atoms with Gasteiger partial charge in [0.25, 0.3) is 0 Å². The third-order valence-electron chi connectivity index (χ3n) is 6.58. The Morgan fingerprint density at radius 2 is 1.67 bits per heavy atom. The van der Waals surface area contributed by atoms with Crippen molar-refractivity contribution in [2.24, 2.45) is 0 Å². The van der Waals surface area contributed by atoms with Gasteiger partial charge < -0.3 is 10.2 Å². The molecule has 3 rings (SSSR count). The van der Waals surface area contributed by atoms with E-state index in [1.165, 1.54) is 4.90 Å². The van der Waals surface area contributed by atoms with Gasteiger partial charge in [-0.15, -0.1) is 0 Å². The van der Waals surface area contributed by atoms with Crippen molar-refractivity contribution in [3.63, 3.8) is 0 Å². The molecule has 0 spiro atoms. The monoisotopic (exact) mass is 553 g/mol. The maximum atomic E-state index is 13.7. The summed E-state index contributed by atoms with van der Waals surface area (Å²) in [6, 6.07) is 11.3. The van der Waals surface area contributed by atoms with E-state index < -0.39 is 28.5 Å². The van der Waals surface area contributed by atoms with E-state index in [2.05, 4.69) is 5.32 Å². The molecule has 36 heavy (non-hydrogen) atoms. The zero-order valence-electron chi connectivity index (χ0n) is 20.8. The molecular formula is C26H33Cl2N3O4S. The summed E-state index contributed by atoms with van der Waals surface area (Å²) in [4.78, 5) is 28.2. The fourth-order valence-electron chi connectivity index (χ4n) is 4.48. The molecule has 2 aromatic carbocycles. The predicted octanol–water partition coefficient (Wildman–Crippen LogP) is 4.80. The van der Waals surface area contributed by atoms with Gasteiger partial charge in [0.15, 0.2) is 0 Å². The molecular weight excluding hydrogens is 521 g/mol. The first-order chi connectivity index (χ1) is 17.0. The Morgan fingerprint density at radius 3 is 2.25 bits per heavy atom. The summed E-state index contributed by atoms with van der Waals surface area (Å²) in [6.45, 7) is 3.06. The number of nitrogens with zero attached hydrogens (tertiary/aromatic N) is 2. The SMILES string of the molecule is CCc1ccccc1N(CC(=O)N(Cc1c(Cl)cccc1Cl)C(C)C(=O)NC1CCCC1)S(C)(=O)=O. The number of nitrogens with one attached hydrogen (secondary N) is 1. The van der Waals surface area contributed by atoms with E-state index in [9.17, 15) is 18.0 Å². The highest BCUT2D eigenvalue weighted by atomic mass is 35.5. The van der Waals surface area contributed by atoms with Crippen molar-refractivity contribution in [3.05, 3.63) is 63.6 Å². The third kappa shape index (κ3) is 6.93. The molecule has 1 N–H and O–H groups in total. The Morgan fingerprint density at radius 1 is 1.06 bits per heavy atom. The Bertz CT molecular complexity index is 1180. The van der Waals surface area contributed by atoms with Crippen LogP contribution < -0.4 is 9.62 Å². The minimum absolute atomic E-state index is 0.0381. The summed E-state index contributed by atoms with van der Waals surface area (Å²) < 4.78 is 26.7. The van der Waals surface area contributed by atoms with E-state index in [0.29, 0.717) is 27.7 Å². The predicted molar refractivity (Wildman–Crippen MR) is 145 cm³/mol. The lowest BCUT2D eigenvalue weighted by molar-refractivity contribution is -0.139. The number of hydrogen-bond acceptors (Lipinski definition) is 4. The number of carbonyl (C=O) groups is 2. The number of para-hydroxylation sites is 1. The summed E-state index contributed by atoms with van der Waals surface area (Å²) in [5.74, 6) is -0.824. The molecule has 10 heteroatoms. The topological polar surface area (TPSA) is 86.8 Å². The van der Waals surface area contributed by atoms with Crippen LogP contribution in [0, 0.1) is 0 Å². The van der Waals surface area contributed by atoms with E-state index in [1.54, 1.807) is 37.3 Å². The van der Waals surface area contributed by atoms with Crippen LogP contribution in [0.25, 0.3) is 0 Å². The lowest BCUT2D eigenvalue weighted by atomic mass is 10.1. The van der Waals surface area contributed by atoms with Gasteiger partial charge in [0.2, 0.25) is 21.8 Å². The molecule has 0 aromatic heterocycles. The molecule has 1 aliphatic rings. The third-order valence-corrected chi connectivity index (χ3v) is 8.41. The molecule has 1 aliphatic carbocycles. The molecule has 0 aliphatic heterocycles. The van der Waals surface area contributed by atoms with Crippen LogP contribution in [0.1, 0.15) is 50.7 Å². The van der Waals surface area contributed by atoms with Gasteiger partial charge in [0, 0.05) is 28.2 Å². The lowest BCUT2D eigenvalue weighted by Gasteiger charge is -2.33. The van der Waals surface area contributed by atoms with E-state index in [-0.39, 0.29) is 18.5 Å². The van der Waals surface area contributed by atoms with Crippen LogP contribution in [0.15, 0.2) is 42.5 Å². The first-order valence-corrected chi connectivity index (χ1v) is 14.7. The second kappa shape index (κ2) is 12.3. The number of carbonyl (C=O) groups excluding carboxylic acids is 2. The number of hydrogen-bond donors (Lipinski definition) is 1. The molecule has 0 saturated heterocycles. The molecule has 0 heterocycles. The smallest absolute Gasteiger partial charge is 0.244 e. The molecule has 1 unspecified atom stereocenters. The highest BCUT2D eigenvalue weighted by molar-refractivity contribution is 7.92. The van der Waals surface area contributed by atoms with Crippen molar-refractivity contribution in [3.8, 4) is 0 Å². The summed E-state index contributed by atoms with van der Waals surface area (Å²) in [6.07, 6.45) is 5.57. The summed E-state index contributed by atoms with van der Waals surface area (Å²) in [7, 11) is -3.80. The maximum Gasteiger partial charge on any atom is 0.244 e. The number of benzene rings is 2. The molecule has 1 saturated carbocycles. The fraction of sp³-hybridized carbons (Fsp3) is 0.462. The quantitative estimate of drug-likeness (QED) is 0.457. The van der Waals surface area contributed by atoms with Crippen LogP contribution in [0.5, 0.6) is 0 Å². The van der Waals surface area contributed by atoms with Gasteiger partial charge in [0.1, 0.15) is 12.6 Å². The number of halogens is 2. The molecule has 0 radical (unpaired) electrons. The average molecular weight is 555 g/mol. The first kappa shape index (κ1) is 28.3. The molecule has 0 bridgehead atoms. The number of amides is 2. The number of aryl methyl sites for hydroxylation is 1. The molecule has 1 fully saturated rings. The Balaban J connectivity index is 1.95. The second-order valence-corrected chi connectivity index (χ2v) is 11.9. The Kier molecular flexibility index (Phi) is 9.66. The zero-order valence-corrected chi connectivity index (χ0v) is 23.2. The zero-order chi connectivity index (χ0) is 26.5. The molecule has 2 aromatic rings. The van der Waals surface area contributed by atoms with E-state index in [0.717, 1.165) is 41.8 Å². The standard InChI is InChI=1S/C26H33Cl2N3O4S/c1-4-19-10-5-8-15-24(19)31(36(3,34)35)17-25(32)30(16-21-22(27)13-9-14-23(21)28)18(2)26(33)29-20-11-6-7-12-20/h5,8-10,13-15,18,20H,4,6-7,11-12,16-17H2,1-3H3,(H,29,33). The van der Waals surface area contributed by atoms with Crippen LogP contribution in [-0.4, -0.2) is 50.0 Å². The van der Waals surface area contributed by atoms with Crippen LogP contribution in [0.2, 0.25) is 10.0 Å². The summed E-state index contributed by atoms with van der Waals surface area (Å²) >= 11 is 12.8. The number of sulfonamides is 1. The highest BCUT2D eigenvalue weighted by Gasteiger charge is 2.32. The first-order valence-electron chi connectivity index (χ1n) is 12.1. The molecule has 7 nitrogen and oxygen atoms in total. The van der Waals surface area contributed by atoms with Gasteiger partial charge in [0.05, 0.1) is 11.9 Å². The van der Waals surface area contributed by atoms with Gasteiger partial charge in [-0.05, 0) is 49.9 Å². The molecule has 1 atom stereocenters. The average Bonchev–Trinajstić information content (AvgIpc) is 3.34. The van der Waals surface area contributed by atoms with Crippen LogP contribution in [-0.2, 0) is 32.6 Å². The summed E-state index contributed by atoms with van der Waals surface area (Å²) in [5.41, 5.74) is 1.73. The highest BCUT2D eigenvalue weighted by Crippen LogP contribution is 2.28. The van der Waals surface area contributed by atoms with Gasteiger partial charge in [-0.2, -0.15) is 0 Å². The Labute approximate surface area is 223 Å². The van der Waals surface area contributed by atoms with Crippen molar-refractivity contribution in [2.45, 2.75) is 64.6 Å². The van der Waals surface area contributed by atoms with Gasteiger partial charge >= 0.3 is 0 Å². The normalized spacial score (nSPS) is 14.9. The lowest BCUT2D eigenvalue weighted by Crippen LogP contribution is -2.52. The minimum atomic E-state index is -3.80. The second-order valence-electron chi connectivity index (χ2n) is 9.14. The van der Waals surface area contributed by atoms with E-state index in [1.807, 2.05) is 19.1 Å². The maximum absolute atomic E-state index is 13.7. The van der Waals surface area contributed by atoms with Gasteiger partial charge in [-0.3, -0.25) is 13.9 Å². The van der Waals surface area contributed by atoms with Crippen molar-refractivity contribution in [2.75, 3.05) is 17.1 Å². The van der Waals surface area contributed by atoms with Gasteiger partial charge in [-0.1, -0.05) is 67.2 Å². The number of anilines is 1. The molecule has 196 valence electrons. The van der Waals surface area contributed by atoms with Crippen LogP contribution in [0.4, 0.5) is 5.69 Å². The van der Waals surface area contributed by atoms with Crippen molar-refractivity contribution < 1.29 is 18.0 Å². The minimum Gasteiger partial charge on any atom is -0.352 e. The van der Waals surface area contributed by atoms with Crippen molar-refractivity contribution in [1.82, 2.24) is 10.2 Å². The summed E-state index contributed by atoms with van der Waals surface area (Å²) in [5, 5.41) is 3.75. The Hall–Kier alpha value is -2.29. The molecule has 2 amide bonds. The van der Waals surface area contributed by atoms with Crippen LogP contribution in [0.3, 0.4) is 0 Å². The van der Waals surface area contributed by atoms with Crippen molar-refractivity contribution >= 4 is 50.7 Å². The van der Waals surface area contributed by atoms with E-state index in [4.69, 9.17) is 23.2 Å². The van der Waals surface area contributed by atoms with Crippen LogP contribution >= 0.6 is 23.2 Å². The van der Waals surface area contributed by atoms with E-state index >= 15 is 0 Å². The van der Waals surface area contributed by atoms with Gasteiger partial charge in [-0.25, -0.2) is 8.42 Å². The van der Waals surface area contributed by atoms with Crippen molar-refractivity contribution in [1.29, 1.82) is 0 Å². The largest absolute Gasteiger partial charge is 0.352 e.